The van der Waals surface area contributed by atoms with Gasteiger partial charge in [0.15, 0.2) is 0 Å². The van der Waals surface area contributed by atoms with Gasteiger partial charge in [-0.1, -0.05) is 42.5 Å². The predicted molar refractivity (Wildman–Crippen MR) is 106 cm³/mol. The molecule has 5 rings (SSSR count). The first-order valence-electron chi connectivity index (χ1n) is 9.63. The lowest BCUT2D eigenvalue weighted by Crippen LogP contribution is -2.32. The van der Waals surface area contributed by atoms with Crippen LogP contribution in [0, 0.1) is 16.0 Å². The number of alkyl halides is 3. The maximum absolute atomic E-state index is 13.7. The Labute approximate surface area is 170 Å². The number of nitro benzene ring substituents is 1. The van der Waals surface area contributed by atoms with Crippen LogP contribution in [0.1, 0.15) is 39.8 Å². The topological polar surface area (TPSA) is 55.2 Å². The molecule has 0 spiro atoms. The molecule has 1 aliphatic heterocycles. The van der Waals surface area contributed by atoms with Gasteiger partial charge >= 0.3 is 6.18 Å². The number of nitrogens with one attached hydrogen (secondary N) is 1. The zero-order chi connectivity index (χ0) is 21.0. The SMILES string of the molecule is O=[N+]([O-])c1ccc2c(c1)[C@@H]1c3ccccc3C[C@H]1[C@@H](c1ccccc1C(F)(F)F)N2. The Bertz CT molecular complexity index is 1160. The third-order valence-electron chi connectivity index (χ3n) is 6.20. The van der Waals surface area contributed by atoms with Gasteiger partial charge in [-0.2, -0.15) is 13.2 Å². The van der Waals surface area contributed by atoms with Crippen LogP contribution in [-0.4, -0.2) is 4.92 Å². The molecule has 0 bridgehead atoms. The summed E-state index contributed by atoms with van der Waals surface area (Å²) in [6, 6.07) is 17.4. The molecule has 1 N–H and O–H groups in total. The number of nitro groups is 1. The molecule has 3 aromatic carbocycles. The Balaban J connectivity index is 1.70. The van der Waals surface area contributed by atoms with Crippen molar-refractivity contribution in [3.8, 4) is 0 Å². The highest BCUT2D eigenvalue weighted by Crippen LogP contribution is 2.55. The largest absolute Gasteiger partial charge is 0.416 e. The van der Waals surface area contributed by atoms with Crippen LogP contribution in [0.2, 0.25) is 0 Å². The summed E-state index contributed by atoms with van der Waals surface area (Å²) in [5, 5.41) is 14.6. The normalized spacial score (nSPS) is 21.9. The minimum atomic E-state index is -4.46. The number of nitrogens with zero attached hydrogens (tertiary/aromatic N) is 1. The van der Waals surface area contributed by atoms with Crippen molar-refractivity contribution < 1.29 is 18.1 Å². The van der Waals surface area contributed by atoms with Gasteiger partial charge in [0.1, 0.15) is 0 Å². The van der Waals surface area contributed by atoms with Crippen LogP contribution in [-0.2, 0) is 12.6 Å². The van der Waals surface area contributed by atoms with Gasteiger partial charge in [0.25, 0.3) is 5.69 Å². The highest BCUT2D eigenvalue weighted by Gasteiger charge is 2.46. The van der Waals surface area contributed by atoms with Gasteiger partial charge < -0.3 is 5.32 Å². The third-order valence-corrected chi connectivity index (χ3v) is 6.20. The van der Waals surface area contributed by atoms with Crippen LogP contribution in [0.3, 0.4) is 0 Å². The van der Waals surface area contributed by atoms with E-state index < -0.39 is 22.7 Å². The van der Waals surface area contributed by atoms with Crippen LogP contribution in [0.4, 0.5) is 24.5 Å². The zero-order valence-corrected chi connectivity index (χ0v) is 15.7. The van der Waals surface area contributed by atoms with Crippen molar-refractivity contribution in [2.24, 2.45) is 5.92 Å². The summed E-state index contributed by atoms with van der Waals surface area (Å²) < 4.78 is 41.2. The van der Waals surface area contributed by atoms with E-state index in [2.05, 4.69) is 5.32 Å². The molecule has 4 nitrogen and oxygen atoms in total. The Morgan fingerprint density at radius 2 is 1.63 bits per heavy atom. The Kier molecular flexibility index (Phi) is 4.10. The first kappa shape index (κ1) is 18.7. The van der Waals surface area contributed by atoms with E-state index in [-0.39, 0.29) is 23.1 Å². The number of hydrogen-bond acceptors (Lipinski definition) is 3. The molecule has 0 amide bonds. The van der Waals surface area contributed by atoms with Crippen molar-refractivity contribution in [1.82, 2.24) is 0 Å². The molecule has 7 heteroatoms. The first-order valence-corrected chi connectivity index (χ1v) is 9.63. The zero-order valence-electron chi connectivity index (χ0n) is 15.7. The smallest absolute Gasteiger partial charge is 0.378 e. The summed E-state index contributed by atoms with van der Waals surface area (Å²) in [6.07, 6.45) is -3.86. The standard InChI is InChI=1S/C23H17F3N2O2/c24-23(25,26)19-8-4-3-7-16(19)22-18-11-13-5-1-2-6-15(13)21(18)17-12-14(28(29)30)9-10-20(17)27-22/h1-10,12,18,21-22,27H,11H2/t18-,21+,22-/m1/s1. The number of benzene rings is 3. The number of hydrogen-bond donors (Lipinski definition) is 1. The number of fused-ring (bicyclic) bond motifs is 5. The van der Waals surface area contributed by atoms with Gasteiger partial charge in [-0.05, 0) is 46.7 Å². The van der Waals surface area contributed by atoms with Crippen molar-refractivity contribution in [2.45, 2.75) is 24.6 Å². The quantitative estimate of drug-likeness (QED) is 0.411. The number of rotatable bonds is 2. The molecule has 1 heterocycles. The van der Waals surface area contributed by atoms with E-state index in [1.54, 1.807) is 18.2 Å². The molecule has 3 atom stereocenters. The van der Waals surface area contributed by atoms with Crippen molar-refractivity contribution in [3.63, 3.8) is 0 Å². The third kappa shape index (κ3) is 2.84. The molecule has 0 unspecified atom stereocenters. The van der Waals surface area contributed by atoms with E-state index in [9.17, 15) is 23.3 Å². The molecule has 3 aromatic rings. The van der Waals surface area contributed by atoms with Gasteiger partial charge in [0.05, 0.1) is 16.5 Å². The second-order valence-corrected chi connectivity index (χ2v) is 7.78. The van der Waals surface area contributed by atoms with E-state index in [1.807, 2.05) is 24.3 Å². The summed E-state index contributed by atoms with van der Waals surface area (Å²) in [7, 11) is 0. The summed E-state index contributed by atoms with van der Waals surface area (Å²) in [5.41, 5.74) is 3.04. The molecular formula is C23H17F3N2O2. The van der Waals surface area contributed by atoms with Crippen LogP contribution >= 0.6 is 0 Å². The Morgan fingerprint density at radius 3 is 2.37 bits per heavy atom. The van der Waals surface area contributed by atoms with E-state index >= 15 is 0 Å². The number of anilines is 1. The lowest BCUT2D eigenvalue weighted by molar-refractivity contribution is -0.384. The molecule has 0 saturated heterocycles. The fourth-order valence-electron chi connectivity index (χ4n) is 5.00. The molecule has 1 aliphatic carbocycles. The molecule has 2 aliphatic rings. The summed E-state index contributed by atoms with van der Waals surface area (Å²) in [5.74, 6) is -0.385. The summed E-state index contributed by atoms with van der Waals surface area (Å²) in [6.45, 7) is 0. The maximum atomic E-state index is 13.7. The average molecular weight is 410 g/mol. The van der Waals surface area contributed by atoms with Crippen molar-refractivity contribution >= 4 is 11.4 Å². The van der Waals surface area contributed by atoms with Gasteiger partial charge in [0, 0.05) is 23.7 Å². The Morgan fingerprint density at radius 1 is 0.933 bits per heavy atom. The fourth-order valence-corrected chi connectivity index (χ4v) is 5.00. The van der Waals surface area contributed by atoms with Gasteiger partial charge in [-0.15, -0.1) is 0 Å². The maximum Gasteiger partial charge on any atom is 0.416 e. The van der Waals surface area contributed by atoms with E-state index in [4.69, 9.17) is 0 Å². The monoisotopic (exact) mass is 410 g/mol. The Hall–Kier alpha value is -3.35. The van der Waals surface area contributed by atoms with E-state index in [1.165, 1.54) is 18.2 Å². The van der Waals surface area contributed by atoms with Gasteiger partial charge in [0.2, 0.25) is 0 Å². The summed E-state index contributed by atoms with van der Waals surface area (Å²) >= 11 is 0. The van der Waals surface area contributed by atoms with E-state index in [0.717, 1.165) is 22.8 Å². The van der Waals surface area contributed by atoms with Crippen LogP contribution in [0.25, 0.3) is 0 Å². The average Bonchev–Trinajstić information content (AvgIpc) is 3.12. The van der Waals surface area contributed by atoms with Crippen LogP contribution in [0.15, 0.2) is 66.7 Å². The van der Waals surface area contributed by atoms with Crippen molar-refractivity contribution in [1.29, 1.82) is 0 Å². The number of non-ortho nitro benzene ring substituents is 1. The summed E-state index contributed by atoms with van der Waals surface area (Å²) in [4.78, 5) is 10.9. The minimum Gasteiger partial charge on any atom is -0.378 e. The number of halogens is 3. The molecule has 0 radical (unpaired) electrons. The first-order chi connectivity index (χ1) is 14.3. The lowest BCUT2D eigenvalue weighted by atomic mass is 9.74. The highest BCUT2D eigenvalue weighted by atomic mass is 19.4. The van der Waals surface area contributed by atoms with Gasteiger partial charge in [-0.25, -0.2) is 0 Å². The fraction of sp³-hybridized carbons (Fsp3) is 0.217. The second-order valence-electron chi connectivity index (χ2n) is 7.78. The molecular weight excluding hydrogens is 393 g/mol. The van der Waals surface area contributed by atoms with Crippen LogP contribution in [0.5, 0.6) is 0 Å². The van der Waals surface area contributed by atoms with Gasteiger partial charge in [-0.3, -0.25) is 10.1 Å². The molecule has 0 saturated carbocycles. The predicted octanol–water partition coefficient (Wildman–Crippen LogP) is 6.08. The van der Waals surface area contributed by atoms with Crippen molar-refractivity contribution in [2.75, 3.05) is 5.32 Å². The van der Waals surface area contributed by atoms with Crippen LogP contribution < -0.4 is 5.32 Å². The molecule has 0 fully saturated rings. The van der Waals surface area contributed by atoms with E-state index in [0.29, 0.717) is 12.1 Å². The second kappa shape index (κ2) is 6.58. The highest BCUT2D eigenvalue weighted by molar-refractivity contribution is 5.65. The minimum absolute atomic E-state index is 0.0205. The van der Waals surface area contributed by atoms with Crippen molar-refractivity contribution in [3.05, 3.63) is 105 Å². The molecule has 152 valence electrons. The lowest BCUT2D eigenvalue weighted by Gasteiger charge is -2.38. The molecule has 0 aromatic heterocycles. The molecule has 30 heavy (non-hydrogen) atoms.